The lowest BCUT2D eigenvalue weighted by Crippen LogP contribution is -2.26. The highest BCUT2D eigenvalue weighted by Gasteiger charge is 2.18. The average Bonchev–Trinajstić information content (AvgIpc) is 2.28. The van der Waals surface area contributed by atoms with Crippen molar-refractivity contribution < 1.29 is 0 Å². The van der Waals surface area contributed by atoms with Crippen LogP contribution in [-0.4, -0.2) is 11.5 Å². The van der Waals surface area contributed by atoms with Crippen molar-refractivity contribution in [3.63, 3.8) is 0 Å². The Kier molecular flexibility index (Phi) is 3.16. The van der Waals surface area contributed by atoms with E-state index < -0.39 is 0 Å². The first-order valence-electron chi connectivity index (χ1n) is 6.06. The number of rotatable bonds is 3. The van der Waals surface area contributed by atoms with E-state index in [4.69, 9.17) is 5.73 Å². The Labute approximate surface area is 103 Å². The summed E-state index contributed by atoms with van der Waals surface area (Å²) in [7, 11) is 0. The van der Waals surface area contributed by atoms with Crippen LogP contribution in [0.2, 0.25) is 0 Å². The SMILES string of the molecule is Cc1ccc2c(CC(C)(C)CN)nccc2c1. The molecule has 2 nitrogen and oxygen atoms in total. The number of nitrogens with zero attached hydrogens (tertiary/aromatic N) is 1. The summed E-state index contributed by atoms with van der Waals surface area (Å²) in [5.74, 6) is 0. The summed E-state index contributed by atoms with van der Waals surface area (Å²) >= 11 is 0. The first-order chi connectivity index (χ1) is 8.02. The van der Waals surface area contributed by atoms with Gasteiger partial charge in [0.2, 0.25) is 0 Å². The minimum Gasteiger partial charge on any atom is -0.330 e. The molecule has 1 heterocycles. The highest BCUT2D eigenvalue weighted by molar-refractivity contribution is 5.85. The lowest BCUT2D eigenvalue weighted by Gasteiger charge is -2.22. The van der Waals surface area contributed by atoms with Crippen LogP contribution in [0.15, 0.2) is 30.5 Å². The smallest absolute Gasteiger partial charge is 0.0487 e. The number of benzene rings is 1. The van der Waals surface area contributed by atoms with E-state index in [0.717, 1.165) is 12.1 Å². The largest absolute Gasteiger partial charge is 0.330 e. The number of pyridine rings is 1. The normalized spacial score (nSPS) is 12.0. The zero-order valence-corrected chi connectivity index (χ0v) is 10.8. The Bertz CT molecular complexity index is 529. The van der Waals surface area contributed by atoms with Crippen LogP contribution in [0.5, 0.6) is 0 Å². The lowest BCUT2D eigenvalue weighted by atomic mass is 9.86. The number of hydrogen-bond donors (Lipinski definition) is 1. The third-order valence-electron chi connectivity index (χ3n) is 3.20. The van der Waals surface area contributed by atoms with E-state index in [-0.39, 0.29) is 5.41 Å². The quantitative estimate of drug-likeness (QED) is 0.876. The summed E-state index contributed by atoms with van der Waals surface area (Å²) in [6, 6.07) is 8.58. The average molecular weight is 228 g/mol. The summed E-state index contributed by atoms with van der Waals surface area (Å²) in [6.45, 7) is 7.16. The molecule has 0 spiro atoms. The number of nitrogens with two attached hydrogens (primary N) is 1. The molecule has 1 aromatic heterocycles. The Balaban J connectivity index is 2.48. The molecule has 2 rings (SSSR count). The van der Waals surface area contributed by atoms with Crippen molar-refractivity contribution >= 4 is 10.8 Å². The van der Waals surface area contributed by atoms with Gasteiger partial charge in [0.1, 0.15) is 0 Å². The molecular weight excluding hydrogens is 208 g/mol. The fourth-order valence-corrected chi connectivity index (χ4v) is 2.03. The van der Waals surface area contributed by atoms with Gasteiger partial charge < -0.3 is 5.73 Å². The summed E-state index contributed by atoms with van der Waals surface area (Å²) < 4.78 is 0. The number of fused-ring (bicyclic) bond motifs is 1. The maximum absolute atomic E-state index is 5.79. The third-order valence-corrected chi connectivity index (χ3v) is 3.20. The third kappa shape index (κ3) is 2.64. The zero-order valence-electron chi connectivity index (χ0n) is 10.8. The van der Waals surface area contributed by atoms with E-state index in [2.05, 4.69) is 50.0 Å². The van der Waals surface area contributed by atoms with Gasteiger partial charge in [-0.25, -0.2) is 0 Å². The maximum Gasteiger partial charge on any atom is 0.0487 e. The molecule has 0 aliphatic carbocycles. The van der Waals surface area contributed by atoms with E-state index in [1.165, 1.54) is 16.3 Å². The molecule has 0 aliphatic heterocycles. The van der Waals surface area contributed by atoms with Crippen LogP contribution in [0, 0.1) is 12.3 Å². The Morgan fingerprint density at radius 1 is 1.24 bits per heavy atom. The van der Waals surface area contributed by atoms with Gasteiger partial charge in [0, 0.05) is 17.3 Å². The second-order valence-electron chi connectivity index (χ2n) is 5.53. The van der Waals surface area contributed by atoms with Gasteiger partial charge in [-0.05, 0) is 36.8 Å². The molecular formula is C15H20N2. The van der Waals surface area contributed by atoms with E-state index in [0.29, 0.717) is 6.54 Å². The molecule has 17 heavy (non-hydrogen) atoms. The van der Waals surface area contributed by atoms with E-state index in [1.54, 1.807) is 0 Å². The monoisotopic (exact) mass is 228 g/mol. The van der Waals surface area contributed by atoms with Crippen molar-refractivity contribution in [2.45, 2.75) is 27.2 Å². The molecule has 2 N–H and O–H groups in total. The summed E-state index contributed by atoms with van der Waals surface area (Å²) in [6.07, 6.45) is 2.81. The zero-order chi connectivity index (χ0) is 12.5. The van der Waals surface area contributed by atoms with Crippen LogP contribution < -0.4 is 5.73 Å². The molecule has 0 fully saturated rings. The number of aryl methyl sites for hydroxylation is 1. The molecule has 2 heteroatoms. The molecule has 90 valence electrons. The van der Waals surface area contributed by atoms with Crippen molar-refractivity contribution in [3.05, 3.63) is 41.7 Å². The number of hydrogen-bond acceptors (Lipinski definition) is 2. The molecule has 0 amide bonds. The van der Waals surface area contributed by atoms with Crippen molar-refractivity contribution in [2.75, 3.05) is 6.54 Å². The molecule has 0 saturated heterocycles. The van der Waals surface area contributed by atoms with E-state index in [1.807, 2.05) is 6.20 Å². The minimum absolute atomic E-state index is 0.103. The second kappa shape index (κ2) is 4.46. The fourth-order valence-electron chi connectivity index (χ4n) is 2.03. The van der Waals surface area contributed by atoms with Gasteiger partial charge in [0.25, 0.3) is 0 Å². The molecule has 0 saturated carbocycles. The lowest BCUT2D eigenvalue weighted by molar-refractivity contribution is 0.374. The van der Waals surface area contributed by atoms with Gasteiger partial charge in [-0.3, -0.25) is 4.98 Å². The highest BCUT2D eigenvalue weighted by Crippen LogP contribution is 2.25. The van der Waals surface area contributed by atoms with Gasteiger partial charge in [-0.1, -0.05) is 37.6 Å². The Hall–Kier alpha value is -1.41. The summed E-state index contributed by atoms with van der Waals surface area (Å²) in [4.78, 5) is 4.51. The van der Waals surface area contributed by atoms with E-state index in [9.17, 15) is 0 Å². The Morgan fingerprint density at radius 2 is 2.00 bits per heavy atom. The molecule has 0 unspecified atom stereocenters. The first-order valence-corrected chi connectivity index (χ1v) is 6.06. The first kappa shape index (κ1) is 12.1. The summed E-state index contributed by atoms with van der Waals surface area (Å²) in [5.41, 5.74) is 8.33. The van der Waals surface area contributed by atoms with E-state index >= 15 is 0 Å². The maximum atomic E-state index is 5.79. The predicted octanol–water partition coefficient (Wildman–Crippen LogP) is 3.07. The van der Waals surface area contributed by atoms with Gasteiger partial charge in [-0.2, -0.15) is 0 Å². The minimum atomic E-state index is 0.103. The Morgan fingerprint density at radius 3 is 2.71 bits per heavy atom. The molecule has 1 aromatic carbocycles. The highest BCUT2D eigenvalue weighted by atomic mass is 14.7. The molecule has 0 bridgehead atoms. The van der Waals surface area contributed by atoms with Gasteiger partial charge in [-0.15, -0.1) is 0 Å². The van der Waals surface area contributed by atoms with Crippen molar-refractivity contribution in [2.24, 2.45) is 11.1 Å². The van der Waals surface area contributed by atoms with Crippen molar-refractivity contribution in [1.29, 1.82) is 0 Å². The van der Waals surface area contributed by atoms with Gasteiger partial charge in [0.15, 0.2) is 0 Å². The van der Waals surface area contributed by atoms with Crippen molar-refractivity contribution in [1.82, 2.24) is 4.98 Å². The van der Waals surface area contributed by atoms with Gasteiger partial charge in [0.05, 0.1) is 0 Å². The molecule has 2 aromatic rings. The second-order valence-corrected chi connectivity index (χ2v) is 5.53. The molecule has 0 aliphatic rings. The van der Waals surface area contributed by atoms with Crippen molar-refractivity contribution in [3.8, 4) is 0 Å². The standard InChI is InChI=1S/C15H20N2/c1-11-4-5-13-12(8-11)6-7-17-14(13)9-15(2,3)10-16/h4-8H,9-10,16H2,1-3H3. The fraction of sp³-hybridized carbons (Fsp3) is 0.400. The van der Waals surface area contributed by atoms with Gasteiger partial charge >= 0.3 is 0 Å². The van der Waals surface area contributed by atoms with Crippen LogP contribution in [0.3, 0.4) is 0 Å². The topological polar surface area (TPSA) is 38.9 Å². The van der Waals surface area contributed by atoms with Crippen LogP contribution in [0.1, 0.15) is 25.1 Å². The molecule has 0 atom stereocenters. The predicted molar refractivity (Wildman–Crippen MR) is 73.0 cm³/mol. The number of aromatic nitrogens is 1. The van der Waals surface area contributed by atoms with Crippen LogP contribution in [-0.2, 0) is 6.42 Å². The van der Waals surface area contributed by atoms with Crippen LogP contribution in [0.25, 0.3) is 10.8 Å². The summed E-state index contributed by atoms with van der Waals surface area (Å²) in [5, 5.41) is 2.52. The molecule has 0 radical (unpaired) electrons. The van der Waals surface area contributed by atoms with Crippen LogP contribution in [0.4, 0.5) is 0 Å². The van der Waals surface area contributed by atoms with Crippen LogP contribution >= 0.6 is 0 Å².